The number of alkyl halides is 1. The van der Waals surface area contributed by atoms with E-state index in [9.17, 15) is 0 Å². The summed E-state index contributed by atoms with van der Waals surface area (Å²) >= 11 is 11.8. The van der Waals surface area contributed by atoms with Crippen molar-refractivity contribution in [2.24, 2.45) is 0 Å². The molecular weight excluding hydrogens is 280 g/mol. The van der Waals surface area contributed by atoms with E-state index in [4.69, 9.17) is 11.6 Å². The van der Waals surface area contributed by atoms with Gasteiger partial charge in [0.1, 0.15) is 0 Å². The van der Waals surface area contributed by atoms with Crippen molar-refractivity contribution in [3.63, 3.8) is 0 Å². The molecule has 0 aliphatic heterocycles. The molecule has 1 aliphatic carbocycles. The number of hydrogen-bond donors (Lipinski definition) is 0. The summed E-state index contributed by atoms with van der Waals surface area (Å²) in [5, 5.41) is 2.55. The molecule has 0 N–H and O–H groups in total. The van der Waals surface area contributed by atoms with Gasteiger partial charge < -0.3 is 0 Å². The highest BCUT2D eigenvalue weighted by molar-refractivity contribution is 9.10. The van der Waals surface area contributed by atoms with Crippen molar-refractivity contribution < 1.29 is 0 Å². The van der Waals surface area contributed by atoms with Crippen LogP contribution in [0.15, 0.2) is 15.9 Å². The normalized spacial score (nSPS) is 28.7. The molecule has 1 heterocycles. The summed E-state index contributed by atoms with van der Waals surface area (Å²) in [6.45, 7) is 0. The molecule has 0 spiro atoms. The predicted octanol–water partition coefficient (Wildman–Crippen LogP) is 5.17. The first kappa shape index (κ1) is 11.0. The van der Waals surface area contributed by atoms with Crippen LogP contribution in [0.3, 0.4) is 0 Å². The van der Waals surface area contributed by atoms with Gasteiger partial charge in [-0.25, -0.2) is 0 Å². The number of thiophene rings is 1. The second kappa shape index (κ2) is 5.00. The second-order valence-electron chi connectivity index (χ2n) is 3.95. The van der Waals surface area contributed by atoms with E-state index in [1.165, 1.54) is 35.0 Å². The Morgan fingerprint density at radius 1 is 1.36 bits per heavy atom. The lowest BCUT2D eigenvalue weighted by Gasteiger charge is -2.14. The molecule has 2 unspecified atom stereocenters. The molecule has 0 bridgehead atoms. The van der Waals surface area contributed by atoms with Crippen LogP contribution in [0.2, 0.25) is 0 Å². The van der Waals surface area contributed by atoms with Crippen molar-refractivity contribution in [3.8, 4) is 0 Å². The minimum Gasteiger partial charge on any atom is -0.147 e. The van der Waals surface area contributed by atoms with Gasteiger partial charge in [0, 0.05) is 14.7 Å². The summed E-state index contributed by atoms with van der Waals surface area (Å²) in [7, 11) is 0. The minimum absolute atomic E-state index is 0.386. The molecule has 1 aromatic heterocycles. The van der Waals surface area contributed by atoms with Crippen LogP contribution in [0.5, 0.6) is 0 Å². The van der Waals surface area contributed by atoms with Crippen molar-refractivity contribution in [3.05, 3.63) is 20.8 Å². The Morgan fingerprint density at radius 2 is 2.14 bits per heavy atom. The first-order valence-electron chi connectivity index (χ1n) is 5.14. The zero-order valence-corrected chi connectivity index (χ0v) is 11.2. The van der Waals surface area contributed by atoms with E-state index >= 15 is 0 Å². The molecule has 0 amide bonds. The third-order valence-corrected chi connectivity index (χ3v) is 5.31. The summed E-state index contributed by atoms with van der Waals surface area (Å²) in [4.78, 5) is 1.50. The average molecular weight is 294 g/mol. The molecule has 0 aromatic carbocycles. The maximum Gasteiger partial charge on any atom is 0.0342 e. The Balaban J connectivity index is 2.13. The van der Waals surface area contributed by atoms with Gasteiger partial charge in [-0.3, -0.25) is 0 Å². The van der Waals surface area contributed by atoms with Gasteiger partial charge in [-0.05, 0) is 52.6 Å². The minimum atomic E-state index is 0.386. The smallest absolute Gasteiger partial charge is 0.0342 e. The maximum atomic E-state index is 6.27. The molecular formula is C11H14BrClS. The molecule has 1 aliphatic rings. The molecule has 0 nitrogen and oxygen atoms in total. The molecule has 1 aromatic rings. The van der Waals surface area contributed by atoms with Gasteiger partial charge in [0.2, 0.25) is 0 Å². The van der Waals surface area contributed by atoms with Crippen molar-refractivity contribution in [2.75, 3.05) is 0 Å². The first-order chi connectivity index (χ1) is 6.77. The van der Waals surface area contributed by atoms with Gasteiger partial charge in [-0.1, -0.05) is 12.8 Å². The Hall–Kier alpha value is 0.470. The fraction of sp³-hybridized carbons (Fsp3) is 0.636. The Labute approximate surface area is 103 Å². The molecule has 0 radical (unpaired) electrons. The SMILES string of the molecule is ClC1CCCCC(c2sccc2Br)C1. The molecule has 2 atom stereocenters. The van der Waals surface area contributed by atoms with Crippen molar-refractivity contribution in [1.29, 1.82) is 0 Å². The fourth-order valence-corrected chi connectivity index (χ4v) is 4.35. The highest BCUT2D eigenvalue weighted by Gasteiger charge is 2.22. The van der Waals surface area contributed by atoms with Crippen LogP contribution >= 0.6 is 38.9 Å². The summed E-state index contributed by atoms with van der Waals surface area (Å²) < 4.78 is 1.28. The van der Waals surface area contributed by atoms with E-state index in [1.807, 2.05) is 11.3 Å². The van der Waals surface area contributed by atoms with E-state index in [-0.39, 0.29) is 0 Å². The van der Waals surface area contributed by atoms with Crippen LogP contribution in [-0.2, 0) is 0 Å². The highest BCUT2D eigenvalue weighted by Crippen LogP contribution is 2.39. The molecule has 2 rings (SSSR count). The van der Waals surface area contributed by atoms with Gasteiger partial charge in [0.15, 0.2) is 0 Å². The summed E-state index contributed by atoms with van der Waals surface area (Å²) in [5.41, 5.74) is 0. The third-order valence-electron chi connectivity index (χ3n) is 2.88. The monoisotopic (exact) mass is 292 g/mol. The molecule has 3 heteroatoms. The summed E-state index contributed by atoms with van der Waals surface area (Å²) in [5.74, 6) is 0.689. The Kier molecular flexibility index (Phi) is 3.92. The first-order valence-corrected chi connectivity index (χ1v) is 7.25. The van der Waals surface area contributed by atoms with Crippen LogP contribution in [0.1, 0.15) is 42.9 Å². The van der Waals surface area contributed by atoms with Crippen LogP contribution in [0.4, 0.5) is 0 Å². The van der Waals surface area contributed by atoms with Crippen molar-refractivity contribution in [1.82, 2.24) is 0 Å². The molecule has 1 saturated carbocycles. The molecule has 14 heavy (non-hydrogen) atoms. The molecule has 0 saturated heterocycles. The topological polar surface area (TPSA) is 0 Å². The Morgan fingerprint density at radius 3 is 2.86 bits per heavy atom. The van der Waals surface area contributed by atoms with Gasteiger partial charge in [-0.2, -0.15) is 0 Å². The van der Waals surface area contributed by atoms with Gasteiger partial charge in [0.05, 0.1) is 0 Å². The van der Waals surface area contributed by atoms with Crippen LogP contribution < -0.4 is 0 Å². The Bertz CT molecular complexity index is 297. The van der Waals surface area contributed by atoms with E-state index in [0.717, 1.165) is 6.42 Å². The fourth-order valence-electron chi connectivity index (χ4n) is 2.14. The van der Waals surface area contributed by atoms with Gasteiger partial charge in [0.25, 0.3) is 0 Å². The van der Waals surface area contributed by atoms with Gasteiger partial charge >= 0.3 is 0 Å². The van der Waals surface area contributed by atoms with Crippen LogP contribution in [-0.4, -0.2) is 5.38 Å². The van der Waals surface area contributed by atoms with E-state index in [0.29, 0.717) is 11.3 Å². The number of rotatable bonds is 1. The average Bonchev–Trinajstić information content (AvgIpc) is 2.45. The molecule has 1 fully saturated rings. The van der Waals surface area contributed by atoms with Crippen LogP contribution in [0, 0.1) is 0 Å². The largest absolute Gasteiger partial charge is 0.147 e. The maximum absolute atomic E-state index is 6.27. The van der Waals surface area contributed by atoms with Crippen LogP contribution in [0.25, 0.3) is 0 Å². The highest BCUT2D eigenvalue weighted by atomic mass is 79.9. The van der Waals surface area contributed by atoms with Gasteiger partial charge in [-0.15, -0.1) is 22.9 Å². The third kappa shape index (κ3) is 2.53. The lowest BCUT2D eigenvalue weighted by molar-refractivity contribution is 0.603. The van der Waals surface area contributed by atoms with E-state index < -0.39 is 0 Å². The summed E-state index contributed by atoms with van der Waals surface area (Å²) in [6.07, 6.45) is 6.29. The van der Waals surface area contributed by atoms with Crippen molar-refractivity contribution >= 4 is 38.9 Å². The lowest BCUT2D eigenvalue weighted by atomic mass is 9.99. The summed E-state index contributed by atoms with van der Waals surface area (Å²) in [6, 6.07) is 2.15. The second-order valence-corrected chi connectivity index (χ2v) is 6.37. The molecule has 78 valence electrons. The predicted molar refractivity (Wildman–Crippen MR) is 67.5 cm³/mol. The number of hydrogen-bond acceptors (Lipinski definition) is 1. The standard InChI is InChI=1S/C11H14BrClS/c12-10-5-6-14-11(10)8-3-1-2-4-9(13)7-8/h5-6,8-9H,1-4,7H2. The number of halogens is 2. The van der Waals surface area contributed by atoms with E-state index in [2.05, 4.69) is 27.4 Å². The van der Waals surface area contributed by atoms with E-state index in [1.54, 1.807) is 0 Å². The zero-order valence-electron chi connectivity index (χ0n) is 8.01. The van der Waals surface area contributed by atoms with Crippen molar-refractivity contribution in [2.45, 2.75) is 43.4 Å². The quantitative estimate of drug-likeness (QED) is 0.495. The zero-order chi connectivity index (χ0) is 9.97. The lowest BCUT2D eigenvalue weighted by Crippen LogP contribution is -2.02.